The number of piperidine rings is 3. The van der Waals surface area contributed by atoms with Crippen molar-refractivity contribution < 1.29 is 19.0 Å². The molecule has 7 nitrogen and oxygen atoms in total. The number of halogens is 1. The fourth-order valence-corrected chi connectivity index (χ4v) is 4.84. The maximum atomic E-state index is 13.0. The summed E-state index contributed by atoms with van der Waals surface area (Å²) >= 11 is 0. The Hall–Kier alpha value is -2.32. The van der Waals surface area contributed by atoms with Gasteiger partial charge in [0.05, 0.1) is 45.8 Å². The molecule has 29 heavy (non-hydrogen) atoms. The average Bonchev–Trinajstić information content (AvgIpc) is 3.13. The van der Waals surface area contributed by atoms with Crippen LogP contribution in [-0.4, -0.2) is 54.1 Å². The maximum Gasteiger partial charge on any atom is 0.229 e. The Morgan fingerprint density at radius 1 is 1.34 bits per heavy atom. The lowest BCUT2D eigenvalue weighted by atomic mass is 9.75. The zero-order valence-electron chi connectivity index (χ0n) is 17.2. The van der Waals surface area contributed by atoms with E-state index in [1.807, 2.05) is 4.68 Å². The van der Waals surface area contributed by atoms with E-state index in [1.54, 1.807) is 12.1 Å². The molecule has 4 atom stereocenters. The van der Waals surface area contributed by atoms with Gasteiger partial charge in [0.15, 0.2) is 0 Å². The Balaban J connectivity index is 1.30. The fraction of sp³-hybridized carbons (Fsp3) is 0.571. The molecule has 5 rings (SSSR count). The smallest absolute Gasteiger partial charge is 0.229 e. The number of carbonyl (C=O) groups excluding carboxylic acids is 1. The van der Waals surface area contributed by atoms with Crippen molar-refractivity contribution in [2.75, 3.05) is 27.2 Å². The minimum Gasteiger partial charge on any atom is -0.352 e. The molecule has 3 aliphatic rings. The van der Waals surface area contributed by atoms with E-state index in [0.717, 1.165) is 50.3 Å². The van der Waals surface area contributed by atoms with E-state index in [0.29, 0.717) is 18.5 Å². The predicted molar refractivity (Wildman–Crippen MR) is 105 cm³/mol. The summed E-state index contributed by atoms with van der Waals surface area (Å²) in [5, 5.41) is 11.6. The third-order valence-corrected chi connectivity index (χ3v) is 6.30. The zero-order valence-corrected chi connectivity index (χ0v) is 17.2. The molecule has 0 radical (unpaired) electrons. The second kappa shape index (κ2) is 8.59. The third-order valence-electron chi connectivity index (χ3n) is 6.30. The lowest BCUT2D eigenvalue weighted by molar-refractivity contribution is -0.945. The molecule has 0 aliphatic carbocycles. The Morgan fingerprint density at radius 2 is 2.14 bits per heavy atom. The number of quaternary nitrogens is 2. The van der Waals surface area contributed by atoms with E-state index in [4.69, 9.17) is 0 Å². The molecule has 1 aromatic heterocycles. The van der Waals surface area contributed by atoms with Gasteiger partial charge in [-0.1, -0.05) is 17.3 Å². The first-order valence-electron chi connectivity index (χ1n) is 10.5. The molecule has 0 saturated carbocycles. The molecule has 1 aromatic carbocycles. The van der Waals surface area contributed by atoms with E-state index < -0.39 is 0 Å². The molecule has 8 heteroatoms. The zero-order chi connectivity index (χ0) is 20.4. The number of amides is 1. The topological polar surface area (TPSA) is 68.7 Å². The number of nitrogens with one attached hydrogen (secondary N) is 3. The minimum atomic E-state index is -0.255. The van der Waals surface area contributed by atoms with Crippen LogP contribution < -0.4 is 15.1 Å². The molecule has 3 aliphatic heterocycles. The number of hydrogen-bond acceptors (Lipinski definition) is 3. The number of nitrogens with zero attached hydrogens (tertiary/aromatic N) is 3. The van der Waals surface area contributed by atoms with Gasteiger partial charge in [-0.15, -0.1) is 5.10 Å². The van der Waals surface area contributed by atoms with Gasteiger partial charge in [-0.2, -0.15) is 0 Å². The van der Waals surface area contributed by atoms with Crippen molar-refractivity contribution >= 4 is 5.91 Å². The SMILES string of the molecule is C[NH+](C)Cc1cn(C[C@H]2C[C@H]3CC[NH+]2C[C@@H]3C(=O)NCc2ccc(F)cc2)nn1. The summed E-state index contributed by atoms with van der Waals surface area (Å²) in [6.45, 7) is 4.21. The predicted octanol–water partition coefficient (Wildman–Crippen LogP) is -1.33. The van der Waals surface area contributed by atoms with Crippen molar-refractivity contribution in [1.82, 2.24) is 20.3 Å². The van der Waals surface area contributed by atoms with Crippen molar-refractivity contribution in [2.24, 2.45) is 11.8 Å². The standard InChI is InChI=1S/C21H29FN6O/c1-26(2)11-18-12-28(25-24-18)13-19-9-16-7-8-27(19)14-20(16)21(29)23-10-15-3-5-17(22)6-4-15/h3-6,12,16,19-20H,7-11,13-14H2,1-2H3,(H,23,29)/p+2/t16-,19-,20+/m1/s1. The molecule has 156 valence electrons. The summed E-state index contributed by atoms with van der Waals surface area (Å²) in [7, 11) is 4.21. The van der Waals surface area contributed by atoms with E-state index in [2.05, 4.69) is 35.9 Å². The second-order valence-corrected chi connectivity index (χ2v) is 8.86. The maximum absolute atomic E-state index is 13.0. The van der Waals surface area contributed by atoms with Crippen LogP contribution in [0.5, 0.6) is 0 Å². The lowest BCUT2D eigenvalue weighted by Crippen LogP contribution is -3.20. The van der Waals surface area contributed by atoms with Crippen molar-refractivity contribution in [1.29, 1.82) is 0 Å². The molecule has 3 N–H and O–H groups in total. The molecule has 3 fully saturated rings. The Bertz CT molecular complexity index is 836. The van der Waals surface area contributed by atoms with Gasteiger partial charge < -0.3 is 15.1 Å². The van der Waals surface area contributed by atoms with Crippen LogP contribution in [0.1, 0.15) is 24.1 Å². The molecular weight excluding hydrogens is 371 g/mol. The Labute approximate surface area is 170 Å². The average molecular weight is 403 g/mol. The van der Waals surface area contributed by atoms with Crippen molar-refractivity contribution in [3.05, 3.63) is 47.5 Å². The first-order valence-corrected chi connectivity index (χ1v) is 10.5. The van der Waals surface area contributed by atoms with E-state index in [9.17, 15) is 9.18 Å². The molecule has 2 aromatic rings. The monoisotopic (exact) mass is 402 g/mol. The van der Waals surface area contributed by atoms with Crippen LogP contribution in [0.2, 0.25) is 0 Å². The van der Waals surface area contributed by atoms with Crippen LogP contribution in [0.3, 0.4) is 0 Å². The lowest BCUT2D eigenvalue weighted by Gasteiger charge is -2.46. The van der Waals surface area contributed by atoms with Crippen molar-refractivity contribution in [2.45, 2.75) is 38.5 Å². The van der Waals surface area contributed by atoms with Crippen molar-refractivity contribution in [3.8, 4) is 0 Å². The summed E-state index contributed by atoms with van der Waals surface area (Å²) in [6.07, 6.45) is 4.22. The van der Waals surface area contributed by atoms with Gasteiger partial charge in [-0.05, 0) is 23.6 Å². The largest absolute Gasteiger partial charge is 0.352 e. The first-order chi connectivity index (χ1) is 14.0. The number of aromatic nitrogens is 3. The molecule has 0 spiro atoms. The number of hydrogen-bond donors (Lipinski definition) is 3. The molecular formula is C21H31FN6O+2. The van der Waals surface area contributed by atoms with Crippen LogP contribution in [-0.2, 0) is 24.4 Å². The van der Waals surface area contributed by atoms with E-state index in [-0.39, 0.29) is 17.6 Å². The Morgan fingerprint density at radius 3 is 2.83 bits per heavy atom. The van der Waals surface area contributed by atoms with Gasteiger partial charge in [-0.3, -0.25) is 4.79 Å². The van der Waals surface area contributed by atoms with E-state index in [1.165, 1.54) is 21.9 Å². The quantitative estimate of drug-likeness (QED) is 0.538. The molecule has 1 amide bonds. The highest BCUT2D eigenvalue weighted by Crippen LogP contribution is 2.27. The van der Waals surface area contributed by atoms with Crippen LogP contribution in [0.15, 0.2) is 30.5 Å². The third kappa shape index (κ3) is 4.82. The number of rotatable bonds is 7. The number of benzene rings is 1. The number of carbonyl (C=O) groups is 1. The second-order valence-electron chi connectivity index (χ2n) is 8.86. The normalized spacial score (nSPS) is 26.1. The summed E-state index contributed by atoms with van der Waals surface area (Å²) in [5.41, 5.74) is 1.95. The van der Waals surface area contributed by atoms with E-state index >= 15 is 0 Å². The number of fused-ring (bicyclic) bond motifs is 3. The highest BCUT2D eigenvalue weighted by Gasteiger charge is 2.46. The summed E-state index contributed by atoms with van der Waals surface area (Å²) in [5.74, 6) is 0.376. The van der Waals surface area contributed by atoms with Gasteiger partial charge in [-0.25, -0.2) is 9.07 Å². The molecule has 2 bridgehead atoms. The van der Waals surface area contributed by atoms with Crippen LogP contribution in [0, 0.1) is 17.7 Å². The molecule has 3 saturated heterocycles. The van der Waals surface area contributed by atoms with Crippen LogP contribution in [0.25, 0.3) is 0 Å². The highest BCUT2D eigenvalue weighted by molar-refractivity contribution is 5.79. The molecule has 4 heterocycles. The van der Waals surface area contributed by atoms with Gasteiger partial charge in [0, 0.05) is 19.4 Å². The Kier molecular flexibility index (Phi) is 5.91. The van der Waals surface area contributed by atoms with Crippen LogP contribution >= 0.6 is 0 Å². The summed E-state index contributed by atoms with van der Waals surface area (Å²) in [4.78, 5) is 15.6. The fourth-order valence-electron chi connectivity index (χ4n) is 4.84. The highest BCUT2D eigenvalue weighted by atomic mass is 19.1. The summed E-state index contributed by atoms with van der Waals surface area (Å²) < 4.78 is 15.0. The molecule has 1 unspecified atom stereocenters. The summed E-state index contributed by atoms with van der Waals surface area (Å²) in [6, 6.07) is 6.80. The van der Waals surface area contributed by atoms with Crippen LogP contribution in [0.4, 0.5) is 4.39 Å². The van der Waals surface area contributed by atoms with Gasteiger partial charge in [0.1, 0.15) is 24.1 Å². The first kappa shape index (κ1) is 20.0. The van der Waals surface area contributed by atoms with Crippen molar-refractivity contribution in [3.63, 3.8) is 0 Å². The van der Waals surface area contributed by atoms with Gasteiger partial charge in [0.2, 0.25) is 5.91 Å². The van der Waals surface area contributed by atoms with Gasteiger partial charge in [0.25, 0.3) is 0 Å². The van der Waals surface area contributed by atoms with Gasteiger partial charge >= 0.3 is 0 Å². The minimum absolute atomic E-state index is 0.0686.